The van der Waals surface area contributed by atoms with Gasteiger partial charge in [-0.05, 0) is 30.5 Å². The summed E-state index contributed by atoms with van der Waals surface area (Å²) in [6, 6.07) is 7.65. The van der Waals surface area contributed by atoms with E-state index in [1.165, 1.54) is 0 Å². The lowest BCUT2D eigenvalue weighted by molar-refractivity contribution is 0.551. The van der Waals surface area contributed by atoms with Crippen molar-refractivity contribution < 1.29 is 8.42 Å². The minimum Gasteiger partial charge on any atom is -0.316 e. The van der Waals surface area contributed by atoms with Crippen LogP contribution in [-0.4, -0.2) is 22.0 Å². The summed E-state index contributed by atoms with van der Waals surface area (Å²) >= 11 is 0. The molecule has 0 bridgehead atoms. The van der Waals surface area contributed by atoms with E-state index in [0.29, 0.717) is 12.5 Å². The Morgan fingerprint density at radius 1 is 1.11 bits per heavy atom. The third-order valence-corrected chi connectivity index (χ3v) is 4.16. The van der Waals surface area contributed by atoms with Gasteiger partial charge >= 0.3 is 0 Å². The van der Waals surface area contributed by atoms with Gasteiger partial charge in [0.25, 0.3) is 0 Å². The lowest BCUT2D eigenvalue weighted by Gasteiger charge is -2.09. The van der Waals surface area contributed by atoms with Gasteiger partial charge in [-0.2, -0.15) is 0 Å². The van der Waals surface area contributed by atoms with Crippen LogP contribution in [0.25, 0.3) is 0 Å². The average molecular weight is 284 g/mol. The van der Waals surface area contributed by atoms with Gasteiger partial charge in [0.2, 0.25) is 10.0 Å². The fourth-order valence-electron chi connectivity index (χ4n) is 1.73. The predicted molar refractivity (Wildman–Crippen MR) is 79.3 cm³/mol. The maximum atomic E-state index is 11.9. The molecule has 4 nitrogen and oxygen atoms in total. The highest BCUT2D eigenvalue weighted by molar-refractivity contribution is 7.88. The largest absolute Gasteiger partial charge is 0.316 e. The summed E-state index contributed by atoms with van der Waals surface area (Å²) in [6.45, 7) is 5.46. The number of nitrogens with one attached hydrogen (secondary N) is 2. The van der Waals surface area contributed by atoms with Gasteiger partial charge in [-0.15, -0.1) is 0 Å². The first-order valence-corrected chi connectivity index (χ1v) is 8.28. The lowest BCUT2D eigenvalue weighted by Crippen LogP contribution is -2.26. The molecule has 0 aliphatic heterocycles. The lowest BCUT2D eigenvalue weighted by atomic mass is 10.1. The smallest absolute Gasteiger partial charge is 0.215 e. The van der Waals surface area contributed by atoms with Crippen LogP contribution in [0.5, 0.6) is 0 Å². The third kappa shape index (κ3) is 6.71. The number of hydrogen-bond donors (Lipinski definition) is 2. The van der Waals surface area contributed by atoms with Gasteiger partial charge in [0.1, 0.15) is 0 Å². The van der Waals surface area contributed by atoms with Gasteiger partial charge in [0.05, 0.1) is 5.75 Å². The molecule has 0 unspecified atom stereocenters. The van der Waals surface area contributed by atoms with Crippen LogP contribution < -0.4 is 10.0 Å². The van der Waals surface area contributed by atoms with E-state index >= 15 is 0 Å². The van der Waals surface area contributed by atoms with E-state index in [1.807, 2.05) is 31.3 Å². The first-order valence-electron chi connectivity index (χ1n) is 6.62. The zero-order valence-corrected chi connectivity index (χ0v) is 12.8. The molecule has 0 saturated carbocycles. The van der Waals surface area contributed by atoms with Crippen molar-refractivity contribution in [2.75, 3.05) is 13.6 Å². The highest BCUT2D eigenvalue weighted by Crippen LogP contribution is 2.08. The van der Waals surface area contributed by atoms with Crippen molar-refractivity contribution in [2.45, 2.75) is 32.6 Å². The Labute approximate surface area is 116 Å². The molecule has 2 N–H and O–H groups in total. The number of sulfonamides is 1. The molecule has 0 amide bonds. The van der Waals surface area contributed by atoms with Crippen LogP contribution in [0, 0.1) is 5.92 Å². The highest BCUT2D eigenvalue weighted by atomic mass is 32.2. The zero-order chi connectivity index (χ0) is 14.3. The molecule has 0 radical (unpaired) electrons. The summed E-state index contributed by atoms with van der Waals surface area (Å²) in [7, 11) is -1.34. The van der Waals surface area contributed by atoms with Crippen molar-refractivity contribution >= 4 is 10.0 Å². The molecule has 0 fully saturated rings. The fourth-order valence-corrected chi connectivity index (χ4v) is 2.89. The summed E-state index contributed by atoms with van der Waals surface area (Å²) in [6.07, 6.45) is 0.861. The maximum absolute atomic E-state index is 11.9. The minimum absolute atomic E-state index is 0.0466. The van der Waals surface area contributed by atoms with E-state index in [1.54, 1.807) is 0 Å². The molecule has 0 heterocycles. The van der Waals surface area contributed by atoms with Crippen molar-refractivity contribution in [2.24, 2.45) is 5.92 Å². The van der Waals surface area contributed by atoms with Gasteiger partial charge in [0.15, 0.2) is 0 Å². The van der Waals surface area contributed by atoms with Crippen LogP contribution >= 0.6 is 0 Å². The zero-order valence-electron chi connectivity index (χ0n) is 11.9. The standard InChI is InChI=1S/C14H24N2O2S/c1-12(2)8-9-16-19(17,18)11-14-6-4-13(5-7-14)10-15-3/h4-7,12,15-16H,8-11H2,1-3H3. The molecule has 0 atom stereocenters. The van der Waals surface area contributed by atoms with Crippen LogP contribution in [-0.2, 0) is 22.3 Å². The second kappa shape index (κ2) is 7.62. The Bertz CT molecular complexity index is 467. The maximum Gasteiger partial charge on any atom is 0.215 e. The second-order valence-electron chi connectivity index (χ2n) is 5.18. The summed E-state index contributed by atoms with van der Waals surface area (Å²) in [5.41, 5.74) is 1.97. The molecule has 108 valence electrons. The molecule has 0 aliphatic rings. The summed E-state index contributed by atoms with van der Waals surface area (Å²) in [4.78, 5) is 0. The van der Waals surface area contributed by atoms with Gasteiger partial charge in [-0.1, -0.05) is 38.1 Å². The Morgan fingerprint density at radius 3 is 2.21 bits per heavy atom. The summed E-state index contributed by atoms with van der Waals surface area (Å²) in [5, 5.41) is 3.06. The number of benzene rings is 1. The van der Waals surface area contributed by atoms with Gasteiger partial charge < -0.3 is 5.32 Å². The van der Waals surface area contributed by atoms with E-state index in [0.717, 1.165) is 24.1 Å². The van der Waals surface area contributed by atoms with E-state index in [2.05, 4.69) is 23.9 Å². The molecule has 19 heavy (non-hydrogen) atoms. The van der Waals surface area contributed by atoms with Crippen LogP contribution in [0.1, 0.15) is 31.4 Å². The van der Waals surface area contributed by atoms with Crippen LogP contribution in [0.3, 0.4) is 0 Å². The normalized spacial score (nSPS) is 12.0. The Balaban J connectivity index is 2.52. The molecule has 0 aliphatic carbocycles. The highest BCUT2D eigenvalue weighted by Gasteiger charge is 2.11. The van der Waals surface area contributed by atoms with E-state index in [-0.39, 0.29) is 5.75 Å². The molecule has 1 rings (SSSR count). The monoisotopic (exact) mass is 284 g/mol. The van der Waals surface area contributed by atoms with Crippen molar-refractivity contribution in [3.63, 3.8) is 0 Å². The Morgan fingerprint density at radius 2 is 1.68 bits per heavy atom. The second-order valence-corrected chi connectivity index (χ2v) is 6.99. The third-order valence-electron chi connectivity index (χ3n) is 2.80. The van der Waals surface area contributed by atoms with Crippen LogP contribution in [0.15, 0.2) is 24.3 Å². The van der Waals surface area contributed by atoms with Crippen LogP contribution in [0.4, 0.5) is 0 Å². The first-order chi connectivity index (χ1) is 8.93. The number of rotatable bonds is 8. The van der Waals surface area contributed by atoms with E-state index < -0.39 is 10.0 Å². The molecule has 0 spiro atoms. The average Bonchev–Trinajstić information content (AvgIpc) is 2.31. The topological polar surface area (TPSA) is 58.2 Å². The fraction of sp³-hybridized carbons (Fsp3) is 0.571. The quantitative estimate of drug-likeness (QED) is 0.766. The Hall–Kier alpha value is -0.910. The van der Waals surface area contributed by atoms with E-state index in [4.69, 9.17) is 0 Å². The molecule has 1 aromatic carbocycles. The number of hydrogen-bond acceptors (Lipinski definition) is 3. The van der Waals surface area contributed by atoms with Crippen molar-refractivity contribution in [1.82, 2.24) is 10.0 Å². The minimum atomic E-state index is -3.22. The molecular formula is C14H24N2O2S. The van der Waals surface area contributed by atoms with Gasteiger partial charge in [-0.25, -0.2) is 13.1 Å². The van der Waals surface area contributed by atoms with Crippen LogP contribution in [0.2, 0.25) is 0 Å². The molecule has 0 saturated heterocycles. The SMILES string of the molecule is CNCc1ccc(CS(=O)(=O)NCCC(C)C)cc1. The molecule has 1 aromatic rings. The predicted octanol–water partition coefficient (Wildman–Crippen LogP) is 1.87. The van der Waals surface area contributed by atoms with Gasteiger partial charge in [0, 0.05) is 13.1 Å². The van der Waals surface area contributed by atoms with Crippen molar-refractivity contribution in [3.8, 4) is 0 Å². The molecular weight excluding hydrogens is 260 g/mol. The van der Waals surface area contributed by atoms with Crippen molar-refractivity contribution in [1.29, 1.82) is 0 Å². The van der Waals surface area contributed by atoms with E-state index in [9.17, 15) is 8.42 Å². The Kier molecular flexibility index (Phi) is 6.48. The first kappa shape index (κ1) is 16.1. The summed E-state index contributed by atoms with van der Waals surface area (Å²) < 4.78 is 26.4. The van der Waals surface area contributed by atoms with Crippen molar-refractivity contribution in [3.05, 3.63) is 35.4 Å². The van der Waals surface area contributed by atoms with Gasteiger partial charge in [-0.3, -0.25) is 0 Å². The molecule has 5 heteroatoms. The molecule has 0 aromatic heterocycles. The summed E-state index contributed by atoms with van der Waals surface area (Å²) in [5.74, 6) is 0.550.